The van der Waals surface area contributed by atoms with Crippen LogP contribution in [-0.2, 0) is 10.1 Å². The molecule has 0 fully saturated rings. The summed E-state index contributed by atoms with van der Waals surface area (Å²) < 4.78 is 36.7. The number of hydrogen-bond donors (Lipinski definition) is 0. The highest BCUT2D eigenvalue weighted by Crippen LogP contribution is 2.35. The van der Waals surface area contributed by atoms with E-state index in [0.29, 0.717) is 22.4 Å². The normalized spacial score (nSPS) is 11.6. The average molecular weight is 380 g/mol. The van der Waals surface area contributed by atoms with E-state index in [1.54, 1.807) is 55.6 Å². The number of hydrogen-bond acceptors (Lipinski definition) is 6. The molecule has 6 nitrogen and oxygen atoms in total. The second-order valence-electron chi connectivity index (χ2n) is 6.15. The van der Waals surface area contributed by atoms with Crippen LogP contribution in [0, 0.1) is 13.8 Å². The minimum atomic E-state index is -4.00. The van der Waals surface area contributed by atoms with Gasteiger partial charge in [0.15, 0.2) is 17.0 Å². The van der Waals surface area contributed by atoms with Gasteiger partial charge in [-0.25, -0.2) is 4.98 Å². The number of aromatic nitrogens is 2. The predicted molar refractivity (Wildman–Crippen MR) is 101 cm³/mol. The van der Waals surface area contributed by atoms with Crippen molar-refractivity contribution in [3.63, 3.8) is 0 Å². The molecule has 0 atom stereocenters. The Morgan fingerprint density at radius 1 is 0.963 bits per heavy atom. The van der Waals surface area contributed by atoms with E-state index in [4.69, 9.17) is 8.60 Å². The van der Waals surface area contributed by atoms with Crippen LogP contribution >= 0.6 is 0 Å². The average Bonchev–Trinajstić information content (AvgIpc) is 3.07. The maximum atomic E-state index is 12.7. The number of para-hydroxylation sites is 1. The number of nitrogens with zero attached hydrogens (tertiary/aromatic N) is 2. The third kappa shape index (κ3) is 3.29. The van der Waals surface area contributed by atoms with Crippen molar-refractivity contribution in [3.8, 4) is 17.2 Å². The molecule has 4 rings (SSSR count). The summed E-state index contributed by atoms with van der Waals surface area (Å²) in [7, 11) is -4.00. The lowest BCUT2D eigenvalue weighted by Crippen LogP contribution is -2.11. The first kappa shape index (κ1) is 17.2. The van der Waals surface area contributed by atoms with Gasteiger partial charge >= 0.3 is 10.1 Å². The maximum Gasteiger partial charge on any atom is 0.339 e. The number of pyridine rings is 1. The molecule has 7 heteroatoms. The van der Waals surface area contributed by atoms with Gasteiger partial charge < -0.3 is 8.60 Å². The van der Waals surface area contributed by atoms with Gasteiger partial charge in [0.1, 0.15) is 4.90 Å². The van der Waals surface area contributed by atoms with Gasteiger partial charge in [-0.3, -0.25) is 0 Å². The van der Waals surface area contributed by atoms with Crippen LogP contribution in [0.15, 0.2) is 70.1 Å². The zero-order valence-corrected chi connectivity index (χ0v) is 15.5. The van der Waals surface area contributed by atoms with Crippen LogP contribution in [0.2, 0.25) is 0 Å². The lowest BCUT2D eigenvalue weighted by molar-refractivity contribution is 0.483. The molecule has 2 aromatic heterocycles. The highest BCUT2D eigenvalue weighted by molar-refractivity contribution is 7.87. The first-order chi connectivity index (χ1) is 12.9. The molecule has 0 aliphatic heterocycles. The molecule has 0 aliphatic rings. The molecule has 0 spiro atoms. The first-order valence-electron chi connectivity index (χ1n) is 8.27. The Morgan fingerprint density at radius 3 is 2.48 bits per heavy atom. The molecule has 0 N–H and O–H groups in total. The van der Waals surface area contributed by atoms with Crippen LogP contribution in [-0.4, -0.2) is 18.4 Å². The van der Waals surface area contributed by atoms with Gasteiger partial charge in [-0.2, -0.15) is 13.4 Å². The summed E-state index contributed by atoms with van der Waals surface area (Å²) >= 11 is 0. The molecule has 2 heterocycles. The topological polar surface area (TPSA) is 82.3 Å². The van der Waals surface area contributed by atoms with Crippen LogP contribution in [0.1, 0.15) is 11.1 Å². The van der Waals surface area contributed by atoms with Gasteiger partial charge in [-0.05, 0) is 49.7 Å². The van der Waals surface area contributed by atoms with Gasteiger partial charge in [0.2, 0.25) is 5.89 Å². The number of oxazole rings is 1. The van der Waals surface area contributed by atoms with Crippen molar-refractivity contribution in [2.45, 2.75) is 18.7 Å². The summed E-state index contributed by atoms with van der Waals surface area (Å²) in [4.78, 5) is 8.58. The Morgan fingerprint density at radius 2 is 1.74 bits per heavy atom. The van der Waals surface area contributed by atoms with Crippen molar-refractivity contribution < 1.29 is 17.0 Å². The maximum absolute atomic E-state index is 12.7. The molecule has 27 heavy (non-hydrogen) atoms. The second kappa shape index (κ2) is 6.51. The number of aryl methyl sites for hydroxylation is 2. The lowest BCUT2D eigenvalue weighted by atomic mass is 10.1. The summed E-state index contributed by atoms with van der Waals surface area (Å²) in [6.07, 6.45) is 1.62. The van der Waals surface area contributed by atoms with E-state index in [1.807, 2.05) is 6.92 Å². The number of rotatable bonds is 4. The molecule has 0 saturated heterocycles. The van der Waals surface area contributed by atoms with E-state index in [0.717, 1.165) is 5.56 Å². The van der Waals surface area contributed by atoms with Crippen molar-refractivity contribution >= 4 is 21.3 Å². The summed E-state index contributed by atoms with van der Waals surface area (Å²) in [5.41, 5.74) is 3.02. The zero-order valence-electron chi connectivity index (χ0n) is 14.7. The minimum absolute atomic E-state index is 0.0848. The first-order valence-corrected chi connectivity index (χ1v) is 9.67. The van der Waals surface area contributed by atoms with Crippen molar-refractivity contribution in [1.82, 2.24) is 9.97 Å². The third-order valence-electron chi connectivity index (χ3n) is 4.11. The molecule has 2 aromatic carbocycles. The van der Waals surface area contributed by atoms with E-state index in [9.17, 15) is 8.42 Å². The Bertz CT molecular complexity index is 1200. The zero-order chi connectivity index (χ0) is 19.0. The fourth-order valence-corrected chi connectivity index (χ4v) is 3.68. The van der Waals surface area contributed by atoms with Gasteiger partial charge in [0.25, 0.3) is 0 Å². The summed E-state index contributed by atoms with van der Waals surface area (Å²) in [6, 6.07) is 15.2. The van der Waals surface area contributed by atoms with E-state index < -0.39 is 10.1 Å². The van der Waals surface area contributed by atoms with Gasteiger partial charge in [0.05, 0.1) is 5.56 Å². The Balaban J connectivity index is 1.80. The molecular weight excluding hydrogens is 364 g/mol. The minimum Gasteiger partial charge on any atom is -0.434 e. The largest absolute Gasteiger partial charge is 0.434 e. The summed E-state index contributed by atoms with van der Waals surface area (Å²) in [6.45, 7) is 3.66. The summed E-state index contributed by atoms with van der Waals surface area (Å²) in [5, 5.41) is 0. The van der Waals surface area contributed by atoms with E-state index in [2.05, 4.69) is 9.97 Å². The van der Waals surface area contributed by atoms with Crippen LogP contribution in [0.25, 0.3) is 22.7 Å². The lowest BCUT2D eigenvalue weighted by Gasteiger charge is -2.12. The molecule has 136 valence electrons. The van der Waals surface area contributed by atoms with Crippen molar-refractivity contribution in [1.29, 1.82) is 0 Å². The Kier molecular flexibility index (Phi) is 4.16. The van der Waals surface area contributed by atoms with Crippen LogP contribution in [0.5, 0.6) is 5.75 Å². The molecule has 0 radical (unpaired) electrons. The third-order valence-corrected chi connectivity index (χ3v) is 5.35. The Hall–Kier alpha value is -3.19. The van der Waals surface area contributed by atoms with Crippen LogP contribution in [0.4, 0.5) is 0 Å². The molecule has 0 amide bonds. The molecule has 0 aliphatic carbocycles. The van der Waals surface area contributed by atoms with Crippen molar-refractivity contribution in [2.75, 3.05) is 0 Å². The SMILES string of the molecule is Cc1ccc(S(=O)(=O)Oc2c(C)cccc2-c2nc3ncccc3o2)cc1. The van der Waals surface area contributed by atoms with E-state index in [1.165, 1.54) is 12.1 Å². The fraction of sp³-hybridized carbons (Fsp3) is 0.100. The van der Waals surface area contributed by atoms with Crippen LogP contribution < -0.4 is 4.18 Å². The smallest absolute Gasteiger partial charge is 0.339 e. The molecule has 0 saturated carbocycles. The predicted octanol–water partition coefficient (Wildman–Crippen LogP) is 4.27. The van der Waals surface area contributed by atoms with Crippen molar-refractivity contribution in [2.24, 2.45) is 0 Å². The molecule has 0 unspecified atom stereocenters. The van der Waals surface area contributed by atoms with Gasteiger partial charge in [-0.15, -0.1) is 0 Å². The van der Waals surface area contributed by atoms with Gasteiger partial charge in [0, 0.05) is 6.20 Å². The fourth-order valence-electron chi connectivity index (χ4n) is 2.68. The van der Waals surface area contributed by atoms with E-state index >= 15 is 0 Å². The quantitative estimate of drug-likeness (QED) is 0.492. The highest BCUT2D eigenvalue weighted by Gasteiger charge is 2.22. The highest BCUT2D eigenvalue weighted by atomic mass is 32.2. The molecular formula is C20H16N2O4S. The monoisotopic (exact) mass is 380 g/mol. The van der Waals surface area contributed by atoms with Crippen LogP contribution in [0.3, 0.4) is 0 Å². The molecule has 4 aromatic rings. The second-order valence-corrected chi connectivity index (χ2v) is 7.69. The van der Waals surface area contributed by atoms with E-state index in [-0.39, 0.29) is 16.5 Å². The standard InChI is InChI=1S/C20H16N2O4S/c1-13-8-10-15(11-9-13)27(23,24)26-18-14(2)5-3-6-16(18)20-22-19-17(25-20)7-4-12-21-19/h3-12H,1-2H3. The molecule has 0 bridgehead atoms. The number of benzene rings is 2. The number of fused-ring (bicyclic) bond motifs is 1. The Labute approximate surface area is 156 Å². The van der Waals surface area contributed by atoms with Gasteiger partial charge in [-0.1, -0.05) is 29.8 Å². The van der Waals surface area contributed by atoms with Crippen molar-refractivity contribution in [3.05, 3.63) is 71.9 Å². The summed E-state index contributed by atoms with van der Waals surface area (Å²) in [5.74, 6) is 0.436.